The molecule has 116 valence electrons. The van der Waals surface area contributed by atoms with Crippen LogP contribution in [0.3, 0.4) is 0 Å². The first-order valence-corrected chi connectivity index (χ1v) is 9.84. The maximum absolute atomic E-state index is 10.9. The topological polar surface area (TPSA) is 29.5 Å². The standard InChI is InChI=1S/C17H30O2S/c18-16(14-6-4-2-1-3-5-7-14)15-8-10-19-17(12-15)9-11-20-13-17/h14-16,18H,1-13H2. The third-order valence-corrected chi connectivity index (χ3v) is 6.94. The van der Waals surface area contributed by atoms with Crippen LogP contribution in [0.1, 0.15) is 64.2 Å². The molecule has 1 N–H and O–H groups in total. The fourth-order valence-corrected chi connectivity index (χ4v) is 5.81. The van der Waals surface area contributed by atoms with Gasteiger partial charge in [-0.1, -0.05) is 32.1 Å². The number of rotatable bonds is 2. The maximum Gasteiger partial charge on any atom is 0.0783 e. The molecular weight excluding hydrogens is 268 g/mol. The molecule has 0 radical (unpaired) electrons. The molecule has 2 aliphatic heterocycles. The molecule has 3 aliphatic rings. The van der Waals surface area contributed by atoms with E-state index in [-0.39, 0.29) is 11.7 Å². The Morgan fingerprint density at radius 1 is 1.00 bits per heavy atom. The molecule has 0 aromatic carbocycles. The van der Waals surface area contributed by atoms with E-state index in [1.165, 1.54) is 57.1 Å². The summed E-state index contributed by atoms with van der Waals surface area (Å²) in [4.78, 5) is 0. The molecule has 3 rings (SSSR count). The van der Waals surface area contributed by atoms with Crippen LogP contribution in [-0.2, 0) is 4.74 Å². The highest BCUT2D eigenvalue weighted by Gasteiger charge is 2.43. The van der Waals surface area contributed by atoms with E-state index in [0.717, 1.165) is 25.2 Å². The zero-order chi connectivity index (χ0) is 13.8. The molecule has 3 unspecified atom stereocenters. The number of hydrogen-bond donors (Lipinski definition) is 1. The van der Waals surface area contributed by atoms with Crippen LogP contribution in [-0.4, -0.2) is 34.9 Å². The quantitative estimate of drug-likeness (QED) is 0.835. The summed E-state index contributed by atoms with van der Waals surface area (Å²) in [5.41, 5.74) is 0.121. The normalized spacial score (nSPS) is 38.5. The fourth-order valence-electron chi connectivity index (χ4n) is 4.43. The lowest BCUT2D eigenvalue weighted by atomic mass is 9.75. The lowest BCUT2D eigenvalue weighted by Crippen LogP contribution is -2.44. The van der Waals surface area contributed by atoms with Gasteiger partial charge in [0.2, 0.25) is 0 Å². The molecule has 0 aromatic rings. The first-order chi connectivity index (χ1) is 9.79. The highest BCUT2D eigenvalue weighted by Crippen LogP contribution is 2.43. The Balaban J connectivity index is 1.58. The minimum absolute atomic E-state index is 0.0699. The van der Waals surface area contributed by atoms with Crippen molar-refractivity contribution in [3.05, 3.63) is 0 Å². The highest BCUT2D eigenvalue weighted by atomic mass is 32.2. The van der Waals surface area contributed by atoms with E-state index in [9.17, 15) is 5.11 Å². The summed E-state index contributed by atoms with van der Waals surface area (Å²) in [6.45, 7) is 0.870. The number of aliphatic hydroxyl groups is 1. The summed E-state index contributed by atoms with van der Waals surface area (Å²) in [6, 6.07) is 0. The van der Waals surface area contributed by atoms with Crippen molar-refractivity contribution in [3.8, 4) is 0 Å². The third-order valence-electron chi connectivity index (χ3n) is 5.71. The molecule has 2 saturated heterocycles. The van der Waals surface area contributed by atoms with E-state index in [0.29, 0.717) is 11.8 Å². The van der Waals surface area contributed by atoms with Crippen LogP contribution < -0.4 is 0 Å². The fraction of sp³-hybridized carbons (Fsp3) is 1.00. The van der Waals surface area contributed by atoms with Gasteiger partial charge in [-0.15, -0.1) is 0 Å². The number of thioether (sulfide) groups is 1. The summed E-state index contributed by atoms with van der Waals surface area (Å²) in [6.07, 6.45) is 12.6. The second-order valence-corrected chi connectivity index (χ2v) is 8.29. The molecule has 2 nitrogen and oxygen atoms in total. The van der Waals surface area contributed by atoms with Gasteiger partial charge in [0.1, 0.15) is 0 Å². The first-order valence-electron chi connectivity index (χ1n) is 8.69. The minimum Gasteiger partial charge on any atom is -0.393 e. The van der Waals surface area contributed by atoms with Crippen LogP contribution in [0, 0.1) is 11.8 Å². The van der Waals surface area contributed by atoms with Gasteiger partial charge in [0.15, 0.2) is 0 Å². The zero-order valence-electron chi connectivity index (χ0n) is 12.7. The van der Waals surface area contributed by atoms with E-state index >= 15 is 0 Å². The Bertz CT molecular complexity index is 293. The Labute approximate surface area is 128 Å². The van der Waals surface area contributed by atoms with Crippen molar-refractivity contribution in [2.75, 3.05) is 18.1 Å². The second kappa shape index (κ2) is 7.02. The second-order valence-electron chi connectivity index (χ2n) is 7.18. The monoisotopic (exact) mass is 298 g/mol. The summed E-state index contributed by atoms with van der Waals surface area (Å²) in [7, 11) is 0. The molecule has 1 aliphatic carbocycles. The Kier molecular flexibility index (Phi) is 5.33. The molecule has 0 aromatic heterocycles. The summed E-state index contributed by atoms with van der Waals surface area (Å²) in [5, 5.41) is 10.9. The molecule has 3 heteroatoms. The Morgan fingerprint density at radius 2 is 1.75 bits per heavy atom. The summed E-state index contributed by atoms with van der Waals surface area (Å²) in [5.74, 6) is 3.45. The van der Waals surface area contributed by atoms with Crippen molar-refractivity contribution in [3.63, 3.8) is 0 Å². The molecule has 3 fully saturated rings. The summed E-state index contributed by atoms with van der Waals surface area (Å²) >= 11 is 2.03. The molecule has 0 amide bonds. The first kappa shape index (κ1) is 15.2. The zero-order valence-corrected chi connectivity index (χ0v) is 13.5. The van der Waals surface area contributed by atoms with E-state index in [1.54, 1.807) is 0 Å². The average Bonchev–Trinajstić information content (AvgIpc) is 2.86. The van der Waals surface area contributed by atoms with Gasteiger partial charge >= 0.3 is 0 Å². The number of ether oxygens (including phenoxy) is 1. The third kappa shape index (κ3) is 3.53. The predicted molar refractivity (Wildman–Crippen MR) is 85.2 cm³/mol. The lowest BCUT2D eigenvalue weighted by molar-refractivity contribution is -0.110. The molecular formula is C17H30O2S. The van der Waals surface area contributed by atoms with Gasteiger partial charge in [0.25, 0.3) is 0 Å². The van der Waals surface area contributed by atoms with Crippen molar-refractivity contribution in [2.45, 2.75) is 75.9 Å². The van der Waals surface area contributed by atoms with Gasteiger partial charge in [0.05, 0.1) is 11.7 Å². The van der Waals surface area contributed by atoms with Crippen molar-refractivity contribution >= 4 is 11.8 Å². The smallest absolute Gasteiger partial charge is 0.0783 e. The van der Waals surface area contributed by atoms with Crippen LogP contribution in [0.4, 0.5) is 0 Å². The van der Waals surface area contributed by atoms with E-state index in [1.807, 2.05) is 11.8 Å². The largest absolute Gasteiger partial charge is 0.393 e. The van der Waals surface area contributed by atoms with Crippen LogP contribution in [0.2, 0.25) is 0 Å². The van der Waals surface area contributed by atoms with Gasteiger partial charge in [-0.05, 0) is 49.7 Å². The van der Waals surface area contributed by atoms with Gasteiger partial charge < -0.3 is 9.84 Å². The molecule has 2 heterocycles. The molecule has 3 atom stereocenters. The van der Waals surface area contributed by atoms with E-state index < -0.39 is 0 Å². The van der Waals surface area contributed by atoms with Crippen LogP contribution in [0.15, 0.2) is 0 Å². The van der Waals surface area contributed by atoms with Gasteiger partial charge in [-0.2, -0.15) is 11.8 Å². The van der Waals surface area contributed by atoms with Crippen molar-refractivity contribution in [1.82, 2.24) is 0 Å². The molecule has 0 bridgehead atoms. The maximum atomic E-state index is 10.9. The number of aliphatic hydroxyl groups excluding tert-OH is 1. The molecule has 1 saturated carbocycles. The Morgan fingerprint density at radius 3 is 2.45 bits per heavy atom. The van der Waals surface area contributed by atoms with Crippen LogP contribution in [0.25, 0.3) is 0 Å². The van der Waals surface area contributed by atoms with Gasteiger partial charge in [-0.3, -0.25) is 0 Å². The lowest BCUT2D eigenvalue weighted by Gasteiger charge is -2.41. The van der Waals surface area contributed by atoms with Gasteiger partial charge in [0, 0.05) is 12.4 Å². The average molecular weight is 298 g/mol. The number of hydrogen-bond acceptors (Lipinski definition) is 3. The van der Waals surface area contributed by atoms with E-state index in [4.69, 9.17) is 4.74 Å². The van der Waals surface area contributed by atoms with Crippen molar-refractivity contribution < 1.29 is 9.84 Å². The molecule has 20 heavy (non-hydrogen) atoms. The minimum atomic E-state index is -0.0699. The van der Waals surface area contributed by atoms with Crippen LogP contribution >= 0.6 is 11.8 Å². The van der Waals surface area contributed by atoms with Gasteiger partial charge in [-0.25, -0.2) is 0 Å². The Hall–Kier alpha value is 0.270. The highest BCUT2D eigenvalue weighted by molar-refractivity contribution is 7.99. The molecule has 1 spiro atoms. The van der Waals surface area contributed by atoms with E-state index in [2.05, 4.69) is 0 Å². The SMILES string of the molecule is OC(C1CCCCCCC1)C1CCOC2(CCSC2)C1. The predicted octanol–water partition coefficient (Wildman–Crippen LogP) is 4.01. The van der Waals surface area contributed by atoms with Crippen molar-refractivity contribution in [1.29, 1.82) is 0 Å². The van der Waals surface area contributed by atoms with Crippen molar-refractivity contribution in [2.24, 2.45) is 11.8 Å². The van der Waals surface area contributed by atoms with Crippen LogP contribution in [0.5, 0.6) is 0 Å². The summed E-state index contributed by atoms with van der Waals surface area (Å²) < 4.78 is 6.11.